The van der Waals surface area contributed by atoms with E-state index in [0.717, 1.165) is 5.56 Å². The van der Waals surface area contributed by atoms with Gasteiger partial charge in [-0.1, -0.05) is 12.1 Å². The second-order valence-corrected chi connectivity index (χ2v) is 6.67. The third-order valence-electron chi connectivity index (χ3n) is 4.73. The lowest BCUT2D eigenvalue weighted by molar-refractivity contribution is -0.0511. The molecule has 29 heavy (non-hydrogen) atoms. The molecule has 0 amide bonds. The van der Waals surface area contributed by atoms with Crippen molar-refractivity contribution in [3.8, 4) is 6.01 Å². The summed E-state index contributed by atoms with van der Waals surface area (Å²) in [6.45, 7) is -0.261. The lowest BCUT2D eigenvalue weighted by Crippen LogP contribution is -2.33. The number of aliphatic hydroxyl groups excluding tert-OH is 3. The van der Waals surface area contributed by atoms with E-state index in [0.29, 0.717) is 6.42 Å². The molecule has 1 aliphatic heterocycles. The van der Waals surface area contributed by atoms with Crippen molar-refractivity contribution >= 4 is 17.0 Å². The largest absolute Gasteiger partial charge is 0.463 e. The van der Waals surface area contributed by atoms with Crippen LogP contribution in [0.4, 0.5) is 10.2 Å². The molecular formula is C18H20FN5O5. The lowest BCUT2D eigenvalue weighted by atomic mass is 10.1. The molecule has 3 heterocycles. The predicted molar refractivity (Wildman–Crippen MR) is 98.3 cm³/mol. The Kier molecular flexibility index (Phi) is 5.28. The fraction of sp³-hybridized carbons (Fsp3) is 0.389. The second-order valence-electron chi connectivity index (χ2n) is 6.67. The number of rotatable bonds is 6. The molecule has 1 aliphatic rings. The molecule has 10 nitrogen and oxygen atoms in total. The van der Waals surface area contributed by atoms with Crippen LogP contribution in [0, 0.1) is 5.82 Å². The van der Waals surface area contributed by atoms with Gasteiger partial charge in [-0.05, 0) is 17.7 Å². The van der Waals surface area contributed by atoms with E-state index < -0.39 is 31.1 Å². The zero-order valence-corrected chi connectivity index (χ0v) is 15.2. The van der Waals surface area contributed by atoms with E-state index in [9.17, 15) is 19.7 Å². The van der Waals surface area contributed by atoms with E-state index in [1.807, 2.05) is 0 Å². The van der Waals surface area contributed by atoms with Gasteiger partial charge in [-0.15, -0.1) is 0 Å². The van der Waals surface area contributed by atoms with E-state index >= 15 is 0 Å². The standard InChI is InChI=1S/C18H20FN5O5/c19-10-3-1-2-9(6-10)4-5-28-18-22-15(20)12-16(23-18)24(8-21-12)17-14(27)13(26)11(7-25)29-17/h1-3,6,8,11,13-14,17,25-27H,4-5,7H2,(H2,20,22,23)/t11-,13-,14-,17?/m0/s1. The summed E-state index contributed by atoms with van der Waals surface area (Å²) < 4.78 is 25.7. The van der Waals surface area contributed by atoms with Crippen LogP contribution in [0.25, 0.3) is 11.2 Å². The number of nitrogens with zero attached hydrogens (tertiary/aromatic N) is 4. The van der Waals surface area contributed by atoms with Crippen LogP contribution in [-0.4, -0.2) is 66.4 Å². The summed E-state index contributed by atoms with van der Waals surface area (Å²) in [6.07, 6.45) is -2.71. The zero-order valence-electron chi connectivity index (χ0n) is 15.2. The number of ether oxygens (including phenoxy) is 2. The van der Waals surface area contributed by atoms with Gasteiger partial charge in [0.05, 0.1) is 19.5 Å². The van der Waals surface area contributed by atoms with Gasteiger partial charge >= 0.3 is 6.01 Å². The van der Waals surface area contributed by atoms with Crippen LogP contribution in [0.5, 0.6) is 6.01 Å². The summed E-state index contributed by atoms with van der Waals surface area (Å²) in [5.41, 5.74) is 7.22. The predicted octanol–water partition coefficient (Wildman–Crippen LogP) is -0.219. The molecule has 0 spiro atoms. The van der Waals surface area contributed by atoms with E-state index in [1.54, 1.807) is 12.1 Å². The molecule has 5 N–H and O–H groups in total. The van der Waals surface area contributed by atoms with Crippen LogP contribution >= 0.6 is 0 Å². The highest BCUT2D eigenvalue weighted by Crippen LogP contribution is 2.32. The van der Waals surface area contributed by atoms with Crippen molar-refractivity contribution < 1.29 is 29.2 Å². The van der Waals surface area contributed by atoms with E-state index in [4.69, 9.17) is 15.2 Å². The molecule has 154 valence electrons. The monoisotopic (exact) mass is 405 g/mol. The van der Waals surface area contributed by atoms with Crippen molar-refractivity contribution in [1.29, 1.82) is 0 Å². The molecule has 11 heteroatoms. The minimum atomic E-state index is -1.29. The molecule has 0 aliphatic carbocycles. The number of benzene rings is 1. The molecule has 0 bridgehead atoms. The maximum atomic E-state index is 13.3. The average molecular weight is 405 g/mol. The Morgan fingerprint density at radius 3 is 2.79 bits per heavy atom. The molecule has 4 rings (SSSR count). The van der Waals surface area contributed by atoms with Crippen LogP contribution in [0.15, 0.2) is 30.6 Å². The average Bonchev–Trinajstić information content (AvgIpc) is 3.24. The van der Waals surface area contributed by atoms with Gasteiger partial charge in [-0.3, -0.25) is 4.57 Å². The van der Waals surface area contributed by atoms with Gasteiger partial charge < -0.3 is 30.5 Å². The van der Waals surface area contributed by atoms with Gasteiger partial charge in [-0.2, -0.15) is 9.97 Å². The Morgan fingerprint density at radius 2 is 2.07 bits per heavy atom. The van der Waals surface area contributed by atoms with Crippen LogP contribution < -0.4 is 10.5 Å². The second kappa shape index (κ2) is 7.87. The number of hydrogen-bond donors (Lipinski definition) is 4. The highest BCUT2D eigenvalue weighted by atomic mass is 19.1. The molecule has 0 saturated carbocycles. The van der Waals surface area contributed by atoms with Gasteiger partial charge in [0.15, 0.2) is 23.2 Å². The number of aliphatic hydroxyl groups is 3. The maximum Gasteiger partial charge on any atom is 0.320 e. The molecular weight excluding hydrogens is 385 g/mol. The zero-order chi connectivity index (χ0) is 20.5. The van der Waals surface area contributed by atoms with Crippen molar-refractivity contribution in [1.82, 2.24) is 19.5 Å². The molecule has 1 aromatic carbocycles. The first-order valence-electron chi connectivity index (χ1n) is 8.97. The van der Waals surface area contributed by atoms with Gasteiger partial charge in [0.1, 0.15) is 24.1 Å². The first-order chi connectivity index (χ1) is 14.0. The van der Waals surface area contributed by atoms with Crippen molar-refractivity contribution in [2.24, 2.45) is 0 Å². The van der Waals surface area contributed by atoms with Crippen molar-refractivity contribution in [2.45, 2.75) is 31.0 Å². The van der Waals surface area contributed by atoms with Crippen molar-refractivity contribution in [2.75, 3.05) is 18.9 Å². The van der Waals surface area contributed by atoms with Crippen LogP contribution in [0.1, 0.15) is 11.8 Å². The number of hydrogen-bond acceptors (Lipinski definition) is 9. The number of anilines is 1. The smallest absolute Gasteiger partial charge is 0.320 e. The van der Waals surface area contributed by atoms with Gasteiger partial charge in [0, 0.05) is 6.42 Å². The Hall–Kier alpha value is -2.86. The van der Waals surface area contributed by atoms with Crippen LogP contribution in [-0.2, 0) is 11.2 Å². The molecule has 4 atom stereocenters. The van der Waals surface area contributed by atoms with Crippen molar-refractivity contribution in [3.63, 3.8) is 0 Å². The lowest BCUT2D eigenvalue weighted by Gasteiger charge is -2.16. The molecule has 0 radical (unpaired) electrons. The molecule has 1 saturated heterocycles. The van der Waals surface area contributed by atoms with Gasteiger partial charge in [0.25, 0.3) is 0 Å². The number of aromatic nitrogens is 4. The number of imidazole rings is 1. The topological polar surface area (TPSA) is 149 Å². The highest BCUT2D eigenvalue weighted by Gasteiger charge is 2.44. The Morgan fingerprint density at radius 1 is 1.24 bits per heavy atom. The molecule has 1 fully saturated rings. The van der Waals surface area contributed by atoms with E-state index in [-0.39, 0.29) is 35.4 Å². The first kappa shape index (κ1) is 19.5. The minimum Gasteiger partial charge on any atom is -0.463 e. The Labute approximate surface area is 164 Å². The molecule has 2 aromatic heterocycles. The normalized spacial score (nSPS) is 24.3. The third kappa shape index (κ3) is 3.72. The van der Waals surface area contributed by atoms with E-state index in [1.165, 1.54) is 23.0 Å². The summed E-state index contributed by atoms with van der Waals surface area (Å²) in [4.78, 5) is 12.5. The fourth-order valence-corrected chi connectivity index (χ4v) is 3.23. The van der Waals surface area contributed by atoms with Crippen LogP contribution in [0.3, 0.4) is 0 Å². The highest BCUT2D eigenvalue weighted by molar-refractivity contribution is 5.82. The maximum absolute atomic E-state index is 13.3. The fourth-order valence-electron chi connectivity index (χ4n) is 3.23. The summed E-state index contributed by atoms with van der Waals surface area (Å²) in [7, 11) is 0. The van der Waals surface area contributed by atoms with Crippen molar-refractivity contribution in [3.05, 3.63) is 42.0 Å². The summed E-state index contributed by atoms with van der Waals surface area (Å²) in [5.74, 6) is -0.256. The Bertz CT molecular complexity index is 1020. The summed E-state index contributed by atoms with van der Waals surface area (Å²) in [5, 5.41) is 29.5. The summed E-state index contributed by atoms with van der Waals surface area (Å²) in [6, 6.07) is 6.16. The minimum absolute atomic E-state index is 0.0140. The number of fused-ring (bicyclic) bond motifs is 1. The van der Waals surface area contributed by atoms with Gasteiger partial charge in [0.2, 0.25) is 0 Å². The SMILES string of the molecule is Nc1nc(OCCc2cccc(F)c2)nc2c1ncn2C1O[C@@H](CO)[C@H](O)[C@@H]1O. The summed E-state index contributed by atoms with van der Waals surface area (Å²) >= 11 is 0. The number of nitrogen functional groups attached to an aromatic ring is 1. The van der Waals surface area contributed by atoms with Gasteiger partial charge in [-0.25, -0.2) is 9.37 Å². The first-order valence-corrected chi connectivity index (χ1v) is 8.97. The Balaban J connectivity index is 1.55. The molecule has 3 aromatic rings. The number of nitrogens with two attached hydrogens (primary N) is 1. The third-order valence-corrected chi connectivity index (χ3v) is 4.73. The van der Waals surface area contributed by atoms with E-state index in [2.05, 4.69) is 15.0 Å². The quantitative estimate of drug-likeness (QED) is 0.437. The van der Waals surface area contributed by atoms with Crippen LogP contribution in [0.2, 0.25) is 0 Å². The molecule has 1 unspecified atom stereocenters. The number of halogens is 1.